The fourth-order valence-corrected chi connectivity index (χ4v) is 2.39. The highest BCUT2D eigenvalue weighted by Gasteiger charge is 2.33. The number of aromatic nitrogens is 1. The van der Waals surface area contributed by atoms with E-state index >= 15 is 0 Å². The van der Waals surface area contributed by atoms with Gasteiger partial charge in [0.15, 0.2) is 11.4 Å². The van der Waals surface area contributed by atoms with Crippen LogP contribution in [0.25, 0.3) is 0 Å². The lowest BCUT2D eigenvalue weighted by molar-refractivity contribution is -0.384. The van der Waals surface area contributed by atoms with E-state index in [1.54, 1.807) is 6.07 Å². The molecule has 29 heavy (non-hydrogen) atoms. The molecule has 0 saturated carbocycles. The van der Waals surface area contributed by atoms with Gasteiger partial charge in [0.1, 0.15) is 11.6 Å². The summed E-state index contributed by atoms with van der Waals surface area (Å²) in [5, 5.41) is 37.5. The maximum Gasteiger partial charge on any atom is 0.416 e. The molecule has 0 aliphatic carbocycles. The quantitative estimate of drug-likeness (QED) is 0.342. The maximum atomic E-state index is 12.8. The van der Waals surface area contributed by atoms with Crippen molar-refractivity contribution in [3.05, 3.63) is 68.0 Å². The molecule has 0 unspecified atom stereocenters. The number of hydrogen-bond donors (Lipinski definition) is 1. The number of allylic oxidation sites excluding steroid dienone is 1. The Kier molecular flexibility index (Phi) is 5.82. The fourth-order valence-electron chi connectivity index (χ4n) is 2.39. The third-order valence-corrected chi connectivity index (χ3v) is 3.84. The van der Waals surface area contributed by atoms with Gasteiger partial charge in [0, 0.05) is 18.2 Å². The molecule has 0 amide bonds. The molecule has 1 heterocycles. The summed E-state index contributed by atoms with van der Waals surface area (Å²) >= 11 is 0. The number of benzene rings is 1. The molecule has 0 bridgehead atoms. The van der Waals surface area contributed by atoms with Crippen LogP contribution in [0.1, 0.15) is 16.7 Å². The van der Waals surface area contributed by atoms with Gasteiger partial charge in [0.25, 0.3) is 11.2 Å². The predicted molar refractivity (Wildman–Crippen MR) is 94.3 cm³/mol. The molecule has 2 rings (SSSR count). The second-order valence-electron chi connectivity index (χ2n) is 5.65. The topological polar surface area (TPSA) is 134 Å². The van der Waals surface area contributed by atoms with Crippen LogP contribution in [0.3, 0.4) is 0 Å². The van der Waals surface area contributed by atoms with Gasteiger partial charge < -0.3 is 5.11 Å². The number of azo groups is 1. The molecule has 0 fully saturated rings. The van der Waals surface area contributed by atoms with Gasteiger partial charge in [-0.25, -0.2) is 0 Å². The summed E-state index contributed by atoms with van der Waals surface area (Å²) in [5.41, 5.74) is -4.33. The van der Waals surface area contributed by atoms with E-state index in [2.05, 4.69) is 16.8 Å². The van der Waals surface area contributed by atoms with E-state index < -0.39 is 45.2 Å². The number of rotatable bonds is 5. The van der Waals surface area contributed by atoms with E-state index in [4.69, 9.17) is 0 Å². The third-order valence-electron chi connectivity index (χ3n) is 3.84. The molecule has 0 aliphatic rings. The first-order valence-electron chi connectivity index (χ1n) is 7.77. The Morgan fingerprint density at radius 2 is 2.07 bits per heavy atom. The van der Waals surface area contributed by atoms with Crippen LogP contribution in [-0.4, -0.2) is 14.6 Å². The van der Waals surface area contributed by atoms with Crippen LogP contribution in [0.4, 0.5) is 30.2 Å². The lowest BCUT2D eigenvalue weighted by atomic mass is 10.1. The molecule has 0 radical (unpaired) electrons. The Morgan fingerprint density at radius 1 is 1.41 bits per heavy atom. The highest BCUT2D eigenvalue weighted by molar-refractivity contribution is 5.60. The van der Waals surface area contributed by atoms with Crippen LogP contribution in [0.2, 0.25) is 0 Å². The van der Waals surface area contributed by atoms with Crippen LogP contribution in [-0.2, 0) is 12.7 Å². The van der Waals surface area contributed by atoms with Crippen molar-refractivity contribution in [2.45, 2.75) is 19.6 Å². The first-order chi connectivity index (χ1) is 13.5. The highest BCUT2D eigenvalue weighted by atomic mass is 19.4. The summed E-state index contributed by atoms with van der Waals surface area (Å²) in [6.07, 6.45) is -3.52. The minimum absolute atomic E-state index is 0.0476. The molecular weight excluding hydrogens is 395 g/mol. The van der Waals surface area contributed by atoms with Gasteiger partial charge in [0.2, 0.25) is 5.88 Å². The monoisotopic (exact) mass is 407 g/mol. The standard InChI is InChI=1S/C17H12F3N5O4/c1-3-6-24-15(26)11(8-21)9(2)14(16(24)27)23-22-12-5-4-10(17(18,19)20)7-13(12)25(28)29/h3-5,7,26H,1,6H2,2H3. The van der Waals surface area contributed by atoms with E-state index in [0.29, 0.717) is 12.1 Å². The van der Waals surface area contributed by atoms with Crippen LogP contribution in [0.15, 0.2) is 45.9 Å². The fraction of sp³-hybridized carbons (Fsp3) is 0.176. The van der Waals surface area contributed by atoms with Crippen molar-refractivity contribution < 1.29 is 23.2 Å². The number of pyridine rings is 1. The number of aromatic hydroxyl groups is 1. The van der Waals surface area contributed by atoms with Gasteiger partial charge in [-0.2, -0.15) is 18.4 Å². The summed E-state index contributed by atoms with van der Waals surface area (Å²) in [7, 11) is 0. The van der Waals surface area contributed by atoms with Crippen LogP contribution in [0, 0.1) is 28.4 Å². The number of alkyl halides is 3. The first kappa shape index (κ1) is 21.3. The largest absolute Gasteiger partial charge is 0.493 e. The zero-order valence-electron chi connectivity index (χ0n) is 14.8. The number of nitro benzene ring substituents is 1. The van der Waals surface area contributed by atoms with Gasteiger partial charge in [-0.1, -0.05) is 6.08 Å². The van der Waals surface area contributed by atoms with E-state index in [0.717, 1.165) is 10.6 Å². The third kappa shape index (κ3) is 4.13. The van der Waals surface area contributed by atoms with E-state index in [-0.39, 0.29) is 17.7 Å². The van der Waals surface area contributed by atoms with Crippen LogP contribution < -0.4 is 5.56 Å². The summed E-state index contributed by atoms with van der Waals surface area (Å²) in [6.45, 7) is 4.56. The maximum absolute atomic E-state index is 12.8. The second-order valence-corrected chi connectivity index (χ2v) is 5.65. The van der Waals surface area contributed by atoms with Crippen LogP contribution in [0.5, 0.6) is 5.88 Å². The van der Waals surface area contributed by atoms with E-state index in [1.807, 2.05) is 0 Å². The summed E-state index contributed by atoms with van der Waals surface area (Å²) in [5.74, 6) is -0.616. The van der Waals surface area contributed by atoms with Gasteiger partial charge >= 0.3 is 6.18 Å². The SMILES string of the molecule is C=CCn1c(O)c(C#N)c(C)c(N=Nc2ccc(C(F)(F)F)cc2[N+](=O)[O-])c1=O. The summed E-state index contributed by atoms with van der Waals surface area (Å²) in [4.78, 5) is 22.6. The van der Waals surface area contributed by atoms with Crippen molar-refractivity contribution in [1.29, 1.82) is 5.26 Å². The van der Waals surface area contributed by atoms with Crippen molar-refractivity contribution in [3.8, 4) is 11.9 Å². The number of hydrogen-bond acceptors (Lipinski definition) is 7. The number of nitrogens with zero attached hydrogens (tertiary/aromatic N) is 5. The Labute approximate surface area is 160 Å². The predicted octanol–water partition coefficient (Wildman–Crippen LogP) is 4.26. The van der Waals surface area contributed by atoms with Crippen molar-refractivity contribution in [1.82, 2.24) is 4.57 Å². The normalized spacial score (nSPS) is 11.4. The molecule has 0 atom stereocenters. The van der Waals surface area contributed by atoms with Gasteiger partial charge in [0.05, 0.1) is 10.5 Å². The molecule has 0 spiro atoms. The second kappa shape index (κ2) is 7.93. The highest BCUT2D eigenvalue weighted by Crippen LogP contribution is 2.37. The lowest BCUT2D eigenvalue weighted by Gasteiger charge is -2.11. The molecule has 1 aromatic heterocycles. The zero-order chi connectivity index (χ0) is 21.9. The summed E-state index contributed by atoms with van der Waals surface area (Å²) < 4.78 is 39.1. The molecule has 2 aromatic rings. The minimum atomic E-state index is -4.80. The Morgan fingerprint density at radius 3 is 2.59 bits per heavy atom. The number of nitriles is 1. The number of halogens is 3. The van der Waals surface area contributed by atoms with Crippen molar-refractivity contribution in [3.63, 3.8) is 0 Å². The molecule has 0 saturated heterocycles. The van der Waals surface area contributed by atoms with Gasteiger partial charge in [-0.05, 0) is 19.1 Å². The smallest absolute Gasteiger partial charge is 0.416 e. The van der Waals surface area contributed by atoms with Gasteiger partial charge in [-0.15, -0.1) is 16.8 Å². The average Bonchev–Trinajstić information content (AvgIpc) is 2.64. The van der Waals surface area contributed by atoms with E-state index in [9.17, 15) is 38.4 Å². The molecular formula is C17H12F3N5O4. The molecule has 150 valence electrons. The van der Waals surface area contributed by atoms with Crippen molar-refractivity contribution in [2.75, 3.05) is 0 Å². The lowest BCUT2D eigenvalue weighted by Crippen LogP contribution is -2.21. The zero-order valence-corrected chi connectivity index (χ0v) is 14.8. The van der Waals surface area contributed by atoms with Crippen molar-refractivity contribution in [2.24, 2.45) is 10.2 Å². The van der Waals surface area contributed by atoms with Crippen LogP contribution >= 0.6 is 0 Å². The Hall–Kier alpha value is -4.01. The summed E-state index contributed by atoms with van der Waals surface area (Å²) in [6, 6.07) is 3.33. The minimum Gasteiger partial charge on any atom is -0.493 e. The number of nitro groups is 1. The van der Waals surface area contributed by atoms with E-state index in [1.165, 1.54) is 13.0 Å². The molecule has 1 aromatic carbocycles. The van der Waals surface area contributed by atoms with Crippen molar-refractivity contribution >= 4 is 17.1 Å². The Bertz CT molecular complexity index is 1130. The molecule has 1 N–H and O–H groups in total. The molecule has 0 aliphatic heterocycles. The Balaban J connectivity index is 2.68. The average molecular weight is 407 g/mol. The first-order valence-corrected chi connectivity index (χ1v) is 7.77. The molecule has 12 heteroatoms. The molecule has 9 nitrogen and oxygen atoms in total. The van der Waals surface area contributed by atoms with Gasteiger partial charge in [-0.3, -0.25) is 19.5 Å².